The van der Waals surface area contributed by atoms with E-state index in [2.05, 4.69) is 135 Å². The van der Waals surface area contributed by atoms with E-state index < -0.39 is 0 Å². The summed E-state index contributed by atoms with van der Waals surface area (Å²) in [5.41, 5.74) is 7.70. The van der Waals surface area contributed by atoms with Crippen LogP contribution in [0.2, 0.25) is 0 Å². The molecule has 320 valence electrons. The van der Waals surface area contributed by atoms with Gasteiger partial charge in [0, 0.05) is 21.7 Å². The summed E-state index contributed by atoms with van der Waals surface area (Å²) >= 11 is 0. The lowest BCUT2D eigenvalue weighted by Crippen LogP contribution is -2.40. The van der Waals surface area contributed by atoms with E-state index in [1.54, 1.807) is 22.3 Å². The molecule has 4 heteroatoms. The molecule has 8 rings (SSSR count). The fraction of sp³-hybridized carbons (Fsp3) is 0.846. The minimum Gasteiger partial charge on any atom is -0.377 e. The van der Waals surface area contributed by atoms with Gasteiger partial charge in [-0.25, -0.2) is 0 Å². The van der Waals surface area contributed by atoms with E-state index in [-0.39, 0.29) is 0 Å². The molecule has 0 saturated carbocycles. The maximum atomic E-state index is 5.94. The topological polar surface area (TPSA) is 36.9 Å². The molecule has 4 aliphatic carbocycles. The molecule has 0 aromatic heterocycles. The van der Waals surface area contributed by atoms with E-state index >= 15 is 0 Å². The highest BCUT2D eigenvalue weighted by atomic mass is 16.5. The Hall–Kier alpha value is -1.20. The molecule has 0 N–H and O–H groups in total. The van der Waals surface area contributed by atoms with E-state index in [0.29, 0.717) is 57.9 Å². The summed E-state index contributed by atoms with van der Waals surface area (Å²) in [5.74, 6) is 5.86. The van der Waals surface area contributed by atoms with Crippen LogP contribution in [0.4, 0.5) is 0 Å². The number of hydrogen-bond donors (Lipinski definition) is 0. The Kier molecular flexibility index (Phi) is 14.9. The number of fused-ring (bicyclic) bond motifs is 4. The van der Waals surface area contributed by atoms with E-state index in [1.807, 2.05) is 0 Å². The molecule has 4 aliphatic heterocycles. The van der Waals surface area contributed by atoms with Gasteiger partial charge in [0.05, 0.1) is 50.8 Å². The molecule has 4 fully saturated rings. The van der Waals surface area contributed by atoms with Crippen molar-refractivity contribution in [1.82, 2.24) is 0 Å². The summed E-state index contributed by atoms with van der Waals surface area (Å²) in [6.07, 6.45) is 21.5. The van der Waals surface area contributed by atoms with Crippen molar-refractivity contribution in [2.75, 3.05) is 26.4 Å². The van der Waals surface area contributed by atoms with Crippen LogP contribution in [0.5, 0.6) is 0 Å². The average Bonchev–Trinajstić information content (AvgIpc) is 3.87. The molecule has 56 heavy (non-hydrogen) atoms. The fourth-order valence-corrected chi connectivity index (χ4v) is 13.2. The maximum Gasteiger partial charge on any atom is 0.0666 e. The summed E-state index contributed by atoms with van der Waals surface area (Å²) in [7, 11) is 0. The predicted molar refractivity (Wildman–Crippen MR) is 237 cm³/mol. The normalized spacial score (nSPS) is 47.4. The summed E-state index contributed by atoms with van der Waals surface area (Å²) in [6.45, 7) is 40.9. The van der Waals surface area contributed by atoms with Crippen LogP contribution in [0.1, 0.15) is 162 Å². The molecule has 8 aliphatic rings. The molecule has 0 aromatic carbocycles. The molecule has 4 heterocycles. The molecule has 4 nitrogen and oxygen atoms in total. The largest absolute Gasteiger partial charge is 0.377 e. The first-order valence-corrected chi connectivity index (χ1v) is 23.5. The number of rotatable bonds is 4. The molecule has 16 unspecified atom stereocenters. The smallest absolute Gasteiger partial charge is 0.0666 e. The van der Waals surface area contributed by atoms with Gasteiger partial charge in [-0.3, -0.25) is 0 Å². The highest BCUT2D eigenvalue weighted by Crippen LogP contribution is 2.55. The van der Waals surface area contributed by atoms with E-state index in [4.69, 9.17) is 18.9 Å². The van der Waals surface area contributed by atoms with Crippen LogP contribution in [0, 0.1) is 69.0 Å². The van der Waals surface area contributed by atoms with Gasteiger partial charge in [0.15, 0.2) is 0 Å². The van der Waals surface area contributed by atoms with E-state index in [1.165, 1.54) is 38.5 Å². The summed E-state index contributed by atoms with van der Waals surface area (Å²) in [5, 5.41) is 0. The van der Waals surface area contributed by atoms with Crippen LogP contribution in [-0.4, -0.2) is 50.8 Å². The second-order valence-corrected chi connectivity index (χ2v) is 21.3. The number of hydrogen-bond acceptors (Lipinski definition) is 4. The van der Waals surface area contributed by atoms with Gasteiger partial charge >= 0.3 is 0 Å². The molecular formula is C52H88O4. The third-order valence-electron chi connectivity index (χ3n) is 17.7. The number of ether oxygens (including phenoxy) is 4. The molecule has 0 bridgehead atoms. The quantitative estimate of drug-likeness (QED) is 0.267. The van der Waals surface area contributed by atoms with Crippen LogP contribution < -0.4 is 0 Å². The zero-order valence-electron chi connectivity index (χ0n) is 39.4. The second kappa shape index (κ2) is 18.2. The summed E-state index contributed by atoms with van der Waals surface area (Å²) in [6, 6.07) is 0. The van der Waals surface area contributed by atoms with Gasteiger partial charge in [-0.05, 0) is 126 Å². The average molecular weight is 777 g/mol. The van der Waals surface area contributed by atoms with Crippen molar-refractivity contribution in [3.8, 4) is 0 Å². The van der Waals surface area contributed by atoms with Gasteiger partial charge < -0.3 is 18.9 Å². The highest BCUT2D eigenvalue weighted by molar-refractivity contribution is 5.23. The summed E-state index contributed by atoms with van der Waals surface area (Å²) < 4.78 is 23.7. The van der Waals surface area contributed by atoms with Gasteiger partial charge in [0.1, 0.15) is 0 Å². The first-order valence-electron chi connectivity index (χ1n) is 23.5. The second-order valence-electron chi connectivity index (χ2n) is 21.3. The van der Waals surface area contributed by atoms with Gasteiger partial charge in [0.2, 0.25) is 0 Å². The molecule has 0 aromatic rings. The Balaban J connectivity index is 0.000000143. The molecule has 0 amide bonds. The SMILES string of the molecule is CCC1OCC2(C)C(C)=CC(C)CC12.CCC1OCC2(C)C(C)C=C(C)CC12.CCC1OCC2CC(C)=CC(C)C21C.CCC1OCC2CC(C)C=C(C)C21C. The fourth-order valence-electron chi connectivity index (χ4n) is 13.2. The van der Waals surface area contributed by atoms with Crippen molar-refractivity contribution >= 4 is 0 Å². The Morgan fingerprint density at radius 2 is 1.09 bits per heavy atom. The maximum absolute atomic E-state index is 5.94. The van der Waals surface area contributed by atoms with E-state index in [0.717, 1.165) is 74.8 Å². The van der Waals surface area contributed by atoms with Crippen molar-refractivity contribution in [2.45, 2.75) is 187 Å². The van der Waals surface area contributed by atoms with Crippen LogP contribution >= 0.6 is 0 Å². The lowest BCUT2D eigenvalue weighted by molar-refractivity contribution is 0.0304. The lowest BCUT2D eigenvalue weighted by Gasteiger charge is -2.42. The Bertz CT molecular complexity index is 1450. The molecule has 16 atom stereocenters. The van der Waals surface area contributed by atoms with Crippen molar-refractivity contribution < 1.29 is 18.9 Å². The molecule has 0 spiro atoms. The summed E-state index contributed by atoms with van der Waals surface area (Å²) in [4.78, 5) is 0. The third-order valence-corrected chi connectivity index (χ3v) is 17.7. The Morgan fingerprint density at radius 1 is 0.554 bits per heavy atom. The van der Waals surface area contributed by atoms with E-state index in [9.17, 15) is 0 Å². The monoisotopic (exact) mass is 777 g/mol. The highest BCUT2D eigenvalue weighted by Gasteiger charge is 2.53. The number of allylic oxidation sites excluding steroid dienone is 6. The zero-order chi connectivity index (χ0) is 41.4. The van der Waals surface area contributed by atoms with Gasteiger partial charge in [0.25, 0.3) is 0 Å². The van der Waals surface area contributed by atoms with Crippen molar-refractivity contribution in [1.29, 1.82) is 0 Å². The van der Waals surface area contributed by atoms with Crippen molar-refractivity contribution in [2.24, 2.45) is 69.0 Å². The van der Waals surface area contributed by atoms with Gasteiger partial charge in [-0.1, -0.05) is 130 Å². The van der Waals surface area contributed by atoms with Crippen LogP contribution in [0.25, 0.3) is 0 Å². The van der Waals surface area contributed by atoms with Crippen LogP contribution in [0.3, 0.4) is 0 Å². The minimum absolute atomic E-state index is 0.335. The predicted octanol–water partition coefficient (Wildman–Crippen LogP) is 13.6. The zero-order valence-corrected chi connectivity index (χ0v) is 39.4. The van der Waals surface area contributed by atoms with Gasteiger partial charge in [-0.2, -0.15) is 0 Å². The lowest BCUT2D eigenvalue weighted by atomic mass is 9.61. The Morgan fingerprint density at radius 3 is 1.73 bits per heavy atom. The van der Waals surface area contributed by atoms with Crippen LogP contribution in [-0.2, 0) is 18.9 Å². The minimum atomic E-state index is 0.335. The first kappa shape index (κ1) is 45.9. The van der Waals surface area contributed by atoms with Crippen molar-refractivity contribution in [3.05, 3.63) is 46.6 Å². The molecule has 4 saturated heterocycles. The molecular weight excluding hydrogens is 689 g/mol. The Labute approximate surface area is 346 Å². The molecule has 0 radical (unpaired) electrons. The van der Waals surface area contributed by atoms with Gasteiger partial charge in [-0.15, -0.1) is 0 Å². The van der Waals surface area contributed by atoms with Crippen LogP contribution in [0.15, 0.2) is 46.6 Å². The standard InChI is InChI=1S/4C13H22O/c2*1-5-12-11-7-9(2)6-10(3)13(11,4)8-14-12;2*1-5-12-13(4)10(3)6-9(2)7-11(13)8-14-12/h6,10-12H,5,7-8H2,1-4H3;6,9,11-12H,5,7-8H2,1-4H3;6,10-12H,5,7-8H2,1-4H3;6,9,11-12H,5,7-8H2,1-4H3. The van der Waals surface area contributed by atoms with Crippen molar-refractivity contribution in [3.63, 3.8) is 0 Å². The third kappa shape index (κ3) is 8.54. The first-order chi connectivity index (χ1) is 26.3.